The molecule has 1 aliphatic carbocycles. The van der Waals surface area contributed by atoms with Gasteiger partial charge in [-0.3, -0.25) is 9.40 Å². The van der Waals surface area contributed by atoms with Gasteiger partial charge in [0, 0.05) is 25.3 Å². The number of aryl methyl sites for hydroxylation is 1. The standard InChI is InChI=1S/C10H18N4O2S/c1-2-14-8-10(7-12-14)13-17(15,16)6-5-11-9-3-4-9/h7-9,11,13H,2-6H2,1H3. The Morgan fingerprint density at radius 3 is 2.88 bits per heavy atom. The first kappa shape index (κ1) is 12.4. The Labute approximate surface area is 101 Å². The van der Waals surface area contributed by atoms with Crippen LogP contribution < -0.4 is 10.0 Å². The summed E-state index contributed by atoms with van der Waals surface area (Å²) in [6.45, 7) is 3.18. The Balaban J connectivity index is 1.82. The van der Waals surface area contributed by atoms with Crippen LogP contribution in [-0.4, -0.2) is 36.5 Å². The van der Waals surface area contributed by atoms with Crippen LogP contribution in [0.5, 0.6) is 0 Å². The molecular formula is C10H18N4O2S. The number of sulfonamides is 1. The predicted molar refractivity (Wildman–Crippen MR) is 66.3 cm³/mol. The maximum absolute atomic E-state index is 11.7. The third-order valence-corrected chi connectivity index (χ3v) is 3.90. The van der Waals surface area contributed by atoms with Gasteiger partial charge in [0.25, 0.3) is 0 Å². The van der Waals surface area contributed by atoms with E-state index in [4.69, 9.17) is 0 Å². The van der Waals surface area contributed by atoms with E-state index >= 15 is 0 Å². The number of rotatable bonds is 7. The second kappa shape index (κ2) is 5.05. The number of nitrogens with zero attached hydrogens (tertiary/aromatic N) is 2. The summed E-state index contributed by atoms with van der Waals surface area (Å²) < 4.78 is 27.6. The number of anilines is 1. The van der Waals surface area contributed by atoms with Crippen molar-refractivity contribution in [3.63, 3.8) is 0 Å². The molecule has 0 spiro atoms. The van der Waals surface area contributed by atoms with Gasteiger partial charge in [-0.25, -0.2) is 8.42 Å². The van der Waals surface area contributed by atoms with E-state index in [1.54, 1.807) is 10.9 Å². The molecular weight excluding hydrogens is 240 g/mol. The Hall–Kier alpha value is -1.08. The van der Waals surface area contributed by atoms with Crippen molar-refractivity contribution >= 4 is 15.7 Å². The summed E-state index contributed by atoms with van der Waals surface area (Å²) in [6.07, 6.45) is 5.54. The molecule has 1 aromatic heterocycles. The Morgan fingerprint density at radius 2 is 2.29 bits per heavy atom. The monoisotopic (exact) mass is 258 g/mol. The summed E-state index contributed by atoms with van der Waals surface area (Å²) in [5.41, 5.74) is 0.526. The fourth-order valence-electron chi connectivity index (χ4n) is 1.50. The van der Waals surface area contributed by atoms with Crippen molar-refractivity contribution in [2.45, 2.75) is 32.4 Å². The van der Waals surface area contributed by atoms with Crippen molar-refractivity contribution in [3.05, 3.63) is 12.4 Å². The van der Waals surface area contributed by atoms with Crippen molar-refractivity contribution in [3.8, 4) is 0 Å². The number of nitrogens with one attached hydrogen (secondary N) is 2. The summed E-state index contributed by atoms with van der Waals surface area (Å²) in [6, 6.07) is 0.535. The highest BCUT2D eigenvalue weighted by molar-refractivity contribution is 7.92. The summed E-state index contributed by atoms with van der Waals surface area (Å²) in [4.78, 5) is 0. The molecule has 0 amide bonds. The van der Waals surface area contributed by atoms with Gasteiger partial charge in [0.1, 0.15) is 0 Å². The minimum Gasteiger partial charge on any atom is -0.313 e. The molecule has 0 radical (unpaired) electrons. The first-order valence-electron chi connectivity index (χ1n) is 5.85. The van der Waals surface area contributed by atoms with Gasteiger partial charge in [-0.2, -0.15) is 5.10 Å². The van der Waals surface area contributed by atoms with Gasteiger partial charge >= 0.3 is 0 Å². The fourth-order valence-corrected chi connectivity index (χ4v) is 2.46. The number of hydrogen-bond donors (Lipinski definition) is 2. The zero-order chi connectivity index (χ0) is 12.3. The van der Waals surface area contributed by atoms with Crippen molar-refractivity contribution in [1.29, 1.82) is 0 Å². The lowest BCUT2D eigenvalue weighted by Gasteiger charge is -2.06. The SMILES string of the molecule is CCn1cc(NS(=O)(=O)CCNC2CC2)cn1. The van der Waals surface area contributed by atoms with Crippen LogP contribution >= 0.6 is 0 Å². The van der Waals surface area contributed by atoms with E-state index in [0.717, 1.165) is 19.4 Å². The molecule has 1 fully saturated rings. The van der Waals surface area contributed by atoms with Gasteiger partial charge in [0.15, 0.2) is 0 Å². The molecule has 0 aromatic carbocycles. The Kier molecular flexibility index (Phi) is 3.68. The molecule has 0 atom stereocenters. The third-order valence-electron chi connectivity index (χ3n) is 2.61. The molecule has 0 saturated heterocycles. The molecule has 1 saturated carbocycles. The van der Waals surface area contributed by atoms with Gasteiger partial charge in [-0.15, -0.1) is 0 Å². The fraction of sp³-hybridized carbons (Fsp3) is 0.700. The van der Waals surface area contributed by atoms with E-state index in [1.807, 2.05) is 6.92 Å². The van der Waals surface area contributed by atoms with Crippen LogP contribution in [0.3, 0.4) is 0 Å². The van der Waals surface area contributed by atoms with E-state index in [0.29, 0.717) is 18.3 Å². The van der Waals surface area contributed by atoms with Crippen LogP contribution in [0, 0.1) is 0 Å². The van der Waals surface area contributed by atoms with E-state index in [-0.39, 0.29) is 5.75 Å². The van der Waals surface area contributed by atoms with Gasteiger partial charge in [-0.05, 0) is 19.8 Å². The summed E-state index contributed by atoms with van der Waals surface area (Å²) >= 11 is 0. The molecule has 17 heavy (non-hydrogen) atoms. The Morgan fingerprint density at radius 1 is 1.53 bits per heavy atom. The molecule has 0 aliphatic heterocycles. The lowest BCUT2D eigenvalue weighted by Crippen LogP contribution is -2.27. The molecule has 7 heteroatoms. The molecule has 6 nitrogen and oxygen atoms in total. The van der Waals surface area contributed by atoms with E-state index in [2.05, 4.69) is 15.1 Å². The second-order valence-corrected chi connectivity index (χ2v) is 6.08. The maximum Gasteiger partial charge on any atom is 0.234 e. The molecule has 96 valence electrons. The highest BCUT2D eigenvalue weighted by atomic mass is 32.2. The van der Waals surface area contributed by atoms with Gasteiger partial charge < -0.3 is 5.32 Å². The van der Waals surface area contributed by atoms with Gasteiger partial charge in [0.05, 0.1) is 17.6 Å². The zero-order valence-corrected chi connectivity index (χ0v) is 10.7. The van der Waals surface area contributed by atoms with Gasteiger partial charge in [-0.1, -0.05) is 0 Å². The van der Waals surface area contributed by atoms with Crippen LogP contribution in [0.25, 0.3) is 0 Å². The molecule has 1 heterocycles. The molecule has 0 unspecified atom stereocenters. The Bertz CT molecular complexity index is 464. The van der Waals surface area contributed by atoms with Crippen LogP contribution in [-0.2, 0) is 16.6 Å². The second-order valence-electron chi connectivity index (χ2n) is 4.23. The first-order chi connectivity index (χ1) is 8.09. The zero-order valence-electron chi connectivity index (χ0n) is 9.89. The first-order valence-corrected chi connectivity index (χ1v) is 7.50. The highest BCUT2D eigenvalue weighted by Gasteiger charge is 2.21. The average Bonchev–Trinajstić information content (AvgIpc) is 2.97. The van der Waals surface area contributed by atoms with Crippen molar-refractivity contribution in [2.24, 2.45) is 0 Å². The van der Waals surface area contributed by atoms with Gasteiger partial charge in [0.2, 0.25) is 10.0 Å². The molecule has 1 aliphatic rings. The molecule has 0 bridgehead atoms. The van der Waals surface area contributed by atoms with Crippen LogP contribution in [0.1, 0.15) is 19.8 Å². The van der Waals surface area contributed by atoms with Crippen molar-refractivity contribution in [1.82, 2.24) is 15.1 Å². The molecule has 2 N–H and O–H groups in total. The van der Waals surface area contributed by atoms with Crippen LogP contribution in [0.4, 0.5) is 5.69 Å². The van der Waals surface area contributed by atoms with E-state index < -0.39 is 10.0 Å². The summed E-state index contributed by atoms with van der Waals surface area (Å²) in [5, 5.41) is 7.19. The molecule has 2 rings (SSSR count). The summed E-state index contributed by atoms with van der Waals surface area (Å²) in [5.74, 6) is 0.0980. The lowest BCUT2D eigenvalue weighted by atomic mass is 10.6. The number of aromatic nitrogens is 2. The smallest absolute Gasteiger partial charge is 0.234 e. The topological polar surface area (TPSA) is 76.0 Å². The lowest BCUT2D eigenvalue weighted by molar-refractivity contribution is 0.595. The quantitative estimate of drug-likeness (QED) is 0.742. The maximum atomic E-state index is 11.7. The minimum absolute atomic E-state index is 0.0980. The van der Waals surface area contributed by atoms with Crippen molar-refractivity contribution < 1.29 is 8.42 Å². The van der Waals surface area contributed by atoms with Crippen LogP contribution in [0.15, 0.2) is 12.4 Å². The van der Waals surface area contributed by atoms with E-state index in [9.17, 15) is 8.42 Å². The third kappa shape index (κ3) is 4.01. The van der Waals surface area contributed by atoms with Crippen molar-refractivity contribution in [2.75, 3.05) is 17.0 Å². The van der Waals surface area contributed by atoms with E-state index in [1.165, 1.54) is 6.20 Å². The highest BCUT2D eigenvalue weighted by Crippen LogP contribution is 2.18. The number of hydrogen-bond acceptors (Lipinski definition) is 4. The minimum atomic E-state index is -3.26. The normalized spacial score (nSPS) is 16.1. The molecule has 1 aromatic rings. The summed E-state index contributed by atoms with van der Waals surface area (Å²) in [7, 11) is -3.26. The average molecular weight is 258 g/mol. The van der Waals surface area contributed by atoms with Crippen LogP contribution in [0.2, 0.25) is 0 Å². The largest absolute Gasteiger partial charge is 0.313 e. The predicted octanol–water partition coefficient (Wildman–Crippen LogP) is 0.397.